The number of hydrogen-bond donors (Lipinski definition) is 2. The number of nitrogens with zero attached hydrogens (tertiary/aromatic N) is 2. The maximum Gasteiger partial charge on any atom is 0.224 e. The monoisotopic (exact) mass is 226 g/mol. The van der Waals surface area contributed by atoms with Gasteiger partial charge in [-0.15, -0.1) is 0 Å². The van der Waals surface area contributed by atoms with E-state index in [0.717, 1.165) is 18.9 Å². The smallest absolute Gasteiger partial charge is 0.224 e. The van der Waals surface area contributed by atoms with Crippen LogP contribution in [0.15, 0.2) is 12.3 Å². The van der Waals surface area contributed by atoms with Crippen LogP contribution < -0.4 is 10.6 Å². The molecule has 5 heteroatoms. The molecule has 0 saturated heterocycles. The second-order valence-electron chi connectivity index (χ2n) is 3.22. The van der Waals surface area contributed by atoms with Crippen LogP contribution in [-0.2, 0) is 0 Å². The summed E-state index contributed by atoms with van der Waals surface area (Å²) in [6, 6.07) is 1.88. The van der Waals surface area contributed by atoms with Gasteiger partial charge >= 0.3 is 0 Å². The molecule has 2 N–H and O–H groups in total. The van der Waals surface area contributed by atoms with Gasteiger partial charge in [0, 0.05) is 24.5 Å². The first-order chi connectivity index (χ1) is 7.26. The molecule has 0 amide bonds. The Morgan fingerprint density at radius 1 is 1.47 bits per heavy atom. The van der Waals surface area contributed by atoms with E-state index in [9.17, 15) is 0 Å². The molecule has 84 valence electrons. The van der Waals surface area contributed by atoms with E-state index in [2.05, 4.69) is 33.8 Å². The van der Waals surface area contributed by atoms with Crippen LogP contribution in [0.2, 0.25) is 0 Å². The highest BCUT2D eigenvalue weighted by Crippen LogP contribution is 2.09. The zero-order valence-corrected chi connectivity index (χ0v) is 10.3. The van der Waals surface area contributed by atoms with Gasteiger partial charge in [-0.1, -0.05) is 6.92 Å². The molecule has 1 aromatic heterocycles. The van der Waals surface area contributed by atoms with Crippen LogP contribution in [-0.4, -0.2) is 34.6 Å². The molecule has 0 radical (unpaired) electrons. The van der Waals surface area contributed by atoms with E-state index >= 15 is 0 Å². The lowest BCUT2D eigenvalue weighted by Gasteiger charge is -2.10. The largest absolute Gasteiger partial charge is 0.369 e. The summed E-state index contributed by atoms with van der Waals surface area (Å²) < 4.78 is 0. The third-order valence-corrected chi connectivity index (χ3v) is 2.93. The molecule has 1 rings (SSSR count). The molecule has 1 heterocycles. The third kappa shape index (κ3) is 4.38. The van der Waals surface area contributed by atoms with Gasteiger partial charge in [0.15, 0.2) is 0 Å². The highest BCUT2D eigenvalue weighted by atomic mass is 32.2. The van der Waals surface area contributed by atoms with Gasteiger partial charge in [-0.05, 0) is 19.2 Å². The van der Waals surface area contributed by atoms with E-state index < -0.39 is 0 Å². The van der Waals surface area contributed by atoms with Crippen molar-refractivity contribution in [3.8, 4) is 0 Å². The maximum atomic E-state index is 4.33. The number of anilines is 2. The quantitative estimate of drug-likeness (QED) is 0.777. The molecule has 0 aliphatic heterocycles. The second-order valence-corrected chi connectivity index (χ2v) is 4.50. The van der Waals surface area contributed by atoms with Gasteiger partial charge in [0.1, 0.15) is 5.82 Å². The molecule has 1 aromatic rings. The predicted molar refractivity (Wildman–Crippen MR) is 67.7 cm³/mol. The molecule has 1 unspecified atom stereocenters. The summed E-state index contributed by atoms with van der Waals surface area (Å²) in [5.74, 6) is 1.56. The second kappa shape index (κ2) is 6.50. The Kier molecular flexibility index (Phi) is 5.25. The fourth-order valence-electron chi connectivity index (χ4n) is 1.03. The lowest BCUT2D eigenvalue weighted by Crippen LogP contribution is -2.14. The average molecular weight is 226 g/mol. The van der Waals surface area contributed by atoms with Gasteiger partial charge in [-0.3, -0.25) is 0 Å². The Bertz CT molecular complexity index is 293. The van der Waals surface area contributed by atoms with Gasteiger partial charge < -0.3 is 10.6 Å². The van der Waals surface area contributed by atoms with Crippen molar-refractivity contribution in [2.75, 3.05) is 30.0 Å². The molecule has 4 nitrogen and oxygen atoms in total. The van der Waals surface area contributed by atoms with E-state index in [1.54, 1.807) is 6.20 Å². The van der Waals surface area contributed by atoms with Crippen LogP contribution in [0.25, 0.3) is 0 Å². The summed E-state index contributed by atoms with van der Waals surface area (Å²) >= 11 is 1.84. The molecule has 15 heavy (non-hydrogen) atoms. The first-order valence-corrected chi connectivity index (χ1v) is 6.38. The lowest BCUT2D eigenvalue weighted by atomic mass is 10.4. The third-order valence-electron chi connectivity index (χ3n) is 1.96. The minimum absolute atomic E-state index is 0.586. The Labute approximate surface area is 95.3 Å². The molecule has 0 aliphatic rings. The summed E-state index contributed by atoms with van der Waals surface area (Å²) in [6.45, 7) is 5.97. The van der Waals surface area contributed by atoms with Crippen LogP contribution in [0, 0.1) is 0 Å². The van der Waals surface area contributed by atoms with E-state index in [1.165, 1.54) is 0 Å². The number of rotatable bonds is 6. The molecule has 0 spiro atoms. The Morgan fingerprint density at radius 2 is 2.27 bits per heavy atom. The van der Waals surface area contributed by atoms with Crippen molar-refractivity contribution in [1.82, 2.24) is 9.97 Å². The van der Waals surface area contributed by atoms with E-state index in [1.807, 2.05) is 24.8 Å². The van der Waals surface area contributed by atoms with Crippen LogP contribution in [0.5, 0.6) is 0 Å². The van der Waals surface area contributed by atoms with Crippen molar-refractivity contribution in [2.24, 2.45) is 0 Å². The summed E-state index contributed by atoms with van der Waals surface area (Å²) in [5.41, 5.74) is 0. The van der Waals surface area contributed by atoms with Gasteiger partial charge in [-0.2, -0.15) is 16.7 Å². The van der Waals surface area contributed by atoms with Crippen molar-refractivity contribution < 1.29 is 0 Å². The van der Waals surface area contributed by atoms with E-state index in [4.69, 9.17) is 0 Å². The highest BCUT2D eigenvalue weighted by molar-refractivity contribution is 7.99. The molecule has 0 saturated carbocycles. The van der Waals surface area contributed by atoms with Crippen LogP contribution >= 0.6 is 11.8 Å². The van der Waals surface area contributed by atoms with Gasteiger partial charge in [0.05, 0.1) is 0 Å². The Morgan fingerprint density at radius 3 is 2.93 bits per heavy atom. The minimum atomic E-state index is 0.586. The number of nitrogens with one attached hydrogen (secondary N) is 2. The zero-order chi connectivity index (χ0) is 11.1. The van der Waals surface area contributed by atoms with Crippen molar-refractivity contribution in [2.45, 2.75) is 19.1 Å². The molecular formula is C10H18N4S. The number of aromatic nitrogens is 2. The van der Waals surface area contributed by atoms with Crippen molar-refractivity contribution in [1.29, 1.82) is 0 Å². The molecule has 0 bridgehead atoms. The number of hydrogen-bond acceptors (Lipinski definition) is 5. The summed E-state index contributed by atoms with van der Waals surface area (Å²) in [5, 5.41) is 6.95. The maximum absolute atomic E-state index is 4.33. The Balaban J connectivity index is 2.50. The molecule has 0 aromatic carbocycles. The van der Waals surface area contributed by atoms with E-state index in [-0.39, 0.29) is 0 Å². The predicted octanol–water partition coefficient (Wildman–Crippen LogP) is 2.07. The Hall–Kier alpha value is -0.970. The van der Waals surface area contributed by atoms with Crippen molar-refractivity contribution >= 4 is 23.5 Å². The molecular weight excluding hydrogens is 208 g/mol. The van der Waals surface area contributed by atoms with Crippen LogP contribution in [0.3, 0.4) is 0 Å². The molecule has 0 fully saturated rings. The summed E-state index contributed by atoms with van der Waals surface area (Å²) in [7, 11) is 0. The van der Waals surface area contributed by atoms with Gasteiger partial charge in [0.2, 0.25) is 5.95 Å². The topological polar surface area (TPSA) is 49.8 Å². The first-order valence-electron chi connectivity index (χ1n) is 5.09. The zero-order valence-electron chi connectivity index (χ0n) is 9.45. The van der Waals surface area contributed by atoms with Gasteiger partial charge in [-0.25, -0.2) is 4.98 Å². The first kappa shape index (κ1) is 12.1. The van der Waals surface area contributed by atoms with Crippen molar-refractivity contribution in [3.63, 3.8) is 0 Å². The normalized spacial score (nSPS) is 12.2. The number of thioether (sulfide) groups is 1. The minimum Gasteiger partial charge on any atom is -0.369 e. The van der Waals surface area contributed by atoms with E-state index in [0.29, 0.717) is 11.2 Å². The molecule has 1 atom stereocenters. The molecule has 0 aliphatic carbocycles. The van der Waals surface area contributed by atoms with Crippen molar-refractivity contribution in [3.05, 3.63) is 12.3 Å². The fourth-order valence-corrected chi connectivity index (χ4v) is 1.28. The fraction of sp³-hybridized carbons (Fsp3) is 0.600. The van der Waals surface area contributed by atoms with Gasteiger partial charge in [0.25, 0.3) is 0 Å². The highest BCUT2D eigenvalue weighted by Gasteiger charge is 2.00. The lowest BCUT2D eigenvalue weighted by molar-refractivity contribution is 0.983. The van der Waals surface area contributed by atoms with Crippen LogP contribution in [0.1, 0.15) is 13.8 Å². The SMILES string of the molecule is CCNc1nccc(NCC(C)SC)n1. The average Bonchev–Trinajstić information content (AvgIpc) is 2.27. The summed E-state index contributed by atoms with van der Waals surface area (Å²) in [4.78, 5) is 8.44. The standard InChI is InChI=1S/C10H18N4S/c1-4-11-10-12-6-5-9(14-10)13-7-8(2)15-3/h5-6,8H,4,7H2,1-3H3,(H2,11,12,13,14). The van der Waals surface area contributed by atoms with Crippen LogP contribution in [0.4, 0.5) is 11.8 Å². The summed E-state index contributed by atoms with van der Waals surface area (Å²) in [6.07, 6.45) is 3.87.